The van der Waals surface area contributed by atoms with Crippen molar-refractivity contribution in [1.82, 2.24) is 18.7 Å². The molecule has 10 rings (SSSR count). The van der Waals surface area contributed by atoms with Gasteiger partial charge in [-0.1, -0.05) is 170 Å². The first-order valence-electron chi connectivity index (χ1n) is 24.1. The molecule has 68 heavy (non-hydrogen) atoms. The minimum absolute atomic E-state index is 0. The number of hydrogen-bond donors (Lipinski definition) is 0. The number of fused-ring (bicyclic) bond motifs is 7. The molecular formula is C62H67N4OPt-. The second-order valence-electron chi connectivity index (χ2n) is 24.4. The summed E-state index contributed by atoms with van der Waals surface area (Å²) >= 11 is 0. The molecule has 1 fully saturated rings. The van der Waals surface area contributed by atoms with Crippen molar-refractivity contribution < 1.29 is 25.8 Å². The van der Waals surface area contributed by atoms with Gasteiger partial charge in [-0.3, -0.25) is 0 Å². The zero-order valence-corrected chi connectivity index (χ0v) is 45.0. The number of nitrogens with zero attached hydrogens (tertiary/aromatic N) is 4. The van der Waals surface area contributed by atoms with Crippen molar-refractivity contribution in [3.8, 4) is 28.4 Å². The van der Waals surface area contributed by atoms with Crippen LogP contribution in [-0.4, -0.2) is 9.55 Å². The van der Waals surface area contributed by atoms with Gasteiger partial charge in [-0.05, 0) is 84.0 Å². The first-order valence-corrected chi connectivity index (χ1v) is 24.1. The zero-order chi connectivity index (χ0) is 47.9. The van der Waals surface area contributed by atoms with E-state index < -0.39 is 0 Å². The predicted molar refractivity (Wildman–Crippen MR) is 282 cm³/mol. The Kier molecular flexibility index (Phi) is 11.1. The van der Waals surface area contributed by atoms with E-state index in [4.69, 9.17) is 9.72 Å². The topological polar surface area (TPSA) is 27.1 Å². The number of benzene rings is 6. The second kappa shape index (κ2) is 15.9. The van der Waals surface area contributed by atoms with Crippen molar-refractivity contribution in [3.63, 3.8) is 0 Å². The summed E-state index contributed by atoms with van der Waals surface area (Å²) in [5.41, 5.74) is 15.5. The number of ether oxygens (including phenoxy) is 1. The molecule has 2 aliphatic rings. The minimum atomic E-state index is -0.164. The summed E-state index contributed by atoms with van der Waals surface area (Å²) in [5.74, 6) is 2.16. The molecule has 0 bridgehead atoms. The van der Waals surface area contributed by atoms with Crippen LogP contribution in [0.4, 0.5) is 22.7 Å². The van der Waals surface area contributed by atoms with Crippen LogP contribution in [0.15, 0.2) is 128 Å². The monoisotopic (exact) mass is 1080 g/mol. The van der Waals surface area contributed by atoms with E-state index in [1.165, 1.54) is 56.0 Å². The molecule has 352 valence electrons. The van der Waals surface area contributed by atoms with E-state index in [-0.39, 0.29) is 48.1 Å². The Balaban J connectivity index is 0.00000578. The van der Waals surface area contributed by atoms with Gasteiger partial charge in [-0.15, -0.1) is 35.2 Å². The molecule has 2 atom stereocenters. The van der Waals surface area contributed by atoms with Crippen molar-refractivity contribution in [1.29, 1.82) is 0 Å². The van der Waals surface area contributed by atoms with E-state index >= 15 is 0 Å². The van der Waals surface area contributed by atoms with Crippen LogP contribution >= 0.6 is 0 Å². The van der Waals surface area contributed by atoms with Crippen molar-refractivity contribution in [3.05, 3.63) is 174 Å². The fraction of sp³-hybridized carbons (Fsp3) is 0.323. The summed E-state index contributed by atoms with van der Waals surface area (Å²) in [4.78, 5) is 4.91. The van der Waals surface area contributed by atoms with Gasteiger partial charge in [0.15, 0.2) is 12.4 Å². The molecule has 0 spiro atoms. The Bertz CT molecular complexity index is 3260. The summed E-state index contributed by atoms with van der Waals surface area (Å²) in [5, 5.41) is 2.26. The van der Waals surface area contributed by atoms with Crippen molar-refractivity contribution in [2.75, 3.05) is 0 Å². The van der Waals surface area contributed by atoms with E-state index in [0.717, 1.165) is 33.3 Å². The first-order chi connectivity index (χ1) is 31.3. The van der Waals surface area contributed by atoms with E-state index in [1.807, 2.05) is 12.3 Å². The molecule has 6 aromatic carbocycles. The van der Waals surface area contributed by atoms with Crippen LogP contribution in [-0.2, 0) is 48.1 Å². The molecule has 0 amide bonds. The van der Waals surface area contributed by atoms with Gasteiger partial charge < -0.3 is 9.30 Å². The normalized spacial score (nSPS) is 18.2. The predicted octanol–water partition coefficient (Wildman–Crippen LogP) is 17.1. The fourth-order valence-corrected chi connectivity index (χ4v) is 9.99. The van der Waals surface area contributed by atoms with Gasteiger partial charge in [0.25, 0.3) is 0 Å². The molecule has 2 aliphatic heterocycles. The third-order valence-corrected chi connectivity index (χ3v) is 14.3. The molecule has 6 heteroatoms. The van der Waals surface area contributed by atoms with E-state index in [9.17, 15) is 0 Å². The molecule has 1 unspecified atom stereocenters. The average Bonchev–Trinajstić information content (AvgIpc) is 3.75. The van der Waals surface area contributed by atoms with Crippen LogP contribution in [0, 0.1) is 18.8 Å². The second-order valence-corrected chi connectivity index (χ2v) is 24.4. The number of aromatic nitrogens is 2. The SMILES string of the molecule is CC(C)(C)c1cc(Oc2[c-]c3c(cc2)c2ccccc2n3-c2cc(C(C)(C)C)ccn2)[c-]c([N+]23[CH-][N@+]2(c2cc(-c4cc(C(C)(C)C)cc(C(C)(C)C)c4)cc(C(C)(C)C)c2)c2ccccc23)c1.[Pt]. The molecule has 0 saturated carbocycles. The maximum atomic E-state index is 6.98. The minimum Gasteiger partial charge on any atom is -0.509 e. The molecular weight excluding hydrogens is 1010 g/mol. The molecule has 5 nitrogen and oxygen atoms in total. The van der Waals surface area contributed by atoms with Gasteiger partial charge in [0.2, 0.25) is 11.4 Å². The van der Waals surface area contributed by atoms with Gasteiger partial charge >= 0.3 is 0 Å². The van der Waals surface area contributed by atoms with Crippen molar-refractivity contribution in [2.45, 2.75) is 131 Å². The number of para-hydroxylation sites is 3. The maximum absolute atomic E-state index is 6.98. The average molecular weight is 1080 g/mol. The summed E-state index contributed by atoms with van der Waals surface area (Å²) in [7, 11) is 0. The quantitative estimate of drug-likeness (QED) is 0.0943. The van der Waals surface area contributed by atoms with Crippen molar-refractivity contribution in [2.24, 2.45) is 0 Å². The number of hydrogen-bond acceptors (Lipinski definition) is 2. The summed E-state index contributed by atoms with van der Waals surface area (Å²) in [6, 6.07) is 52.7. The van der Waals surface area contributed by atoms with Crippen LogP contribution in [0.2, 0.25) is 0 Å². The Morgan fingerprint density at radius 1 is 0.485 bits per heavy atom. The Morgan fingerprint density at radius 3 is 1.65 bits per heavy atom. The number of quaternary nitrogens is 2. The van der Waals surface area contributed by atoms with Crippen LogP contribution < -0.4 is 13.9 Å². The Labute approximate surface area is 420 Å². The third kappa shape index (κ3) is 7.78. The van der Waals surface area contributed by atoms with E-state index in [2.05, 4.69) is 242 Å². The summed E-state index contributed by atoms with van der Waals surface area (Å²) < 4.78 is 10.3. The van der Waals surface area contributed by atoms with Gasteiger partial charge in [0.1, 0.15) is 5.82 Å². The van der Waals surface area contributed by atoms with Gasteiger partial charge in [0.05, 0.1) is 5.69 Å². The van der Waals surface area contributed by atoms with Gasteiger partial charge in [0, 0.05) is 68.5 Å². The smallest absolute Gasteiger partial charge is 0.225 e. The Morgan fingerprint density at radius 2 is 1.03 bits per heavy atom. The summed E-state index contributed by atoms with van der Waals surface area (Å²) in [6.07, 6.45) is 1.92. The molecule has 1 saturated heterocycles. The van der Waals surface area contributed by atoms with E-state index in [1.54, 1.807) is 0 Å². The van der Waals surface area contributed by atoms with E-state index in [0.29, 0.717) is 20.7 Å². The zero-order valence-electron chi connectivity index (χ0n) is 42.7. The largest absolute Gasteiger partial charge is 0.509 e. The molecule has 0 N–H and O–H groups in total. The van der Waals surface area contributed by atoms with Crippen LogP contribution in [0.1, 0.15) is 132 Å². The maximum Gasteiger partial charge on any atom is 0.225 e. The number of pyridine rings is 1. The summed E-state index contributed by atoms with van der Waals surface area (Å²) in [6.45, 7) is 37.0. The van der Waals surface area contributed by atoms with Crippen LogP contribution in [0.25, 0.3) is 38.8 Å². The Hall–Kier alpha value is -5.32. The number of rotatable bonds is 6. The molecule has 4 heterocycles. The van der Waals surface area contributed by atoms with Gasteiger partial charge in [-0.2, -0.15) is 10.7 Å². The molecule has 8 aromatic rings. The molecule has 2 aromatic heterocycles. The first kappa shape index (κ1) is 47.7. The standard InChI is InChI=1S/C62H67N4O.Pt/c1-58(2,3)42-26-27-63-57(36-42)64-53-21-17-16-20-51(53)52-25-24-49(38-54(52)64)67-50-35-46(62(13,14)15)34-48(37-50)66-39-65(66,55-22-18-19-23-56(55)66)47-31-41(30-45(33-47)61(10,11)12)40-28-43(59(4,5)6)32-44(29-40)60(7,8)9;/h16-36,39H,1-15H3;/q-1;/t65-,66?;/m0./s1. The van der Waals surface area contributed by atoms with Crippen LogP contribution in [0.5, 0.6) is 11.5 Å². The third-order valence-electron chi connectivity index (χ3n) is 14.3. The van der Waals surface area contributed by atoms with Crippen LogP contribution in [0.3, 0.4) is 0 Å². The van der Waals surface area contributed by atoms with Gasteiger partial charge in [-0.25, -0.2) is 9.58 Å². The van der Waals surface area contributed by atoms with Crippen molar-refractivity contribution >= 4 is 44.6 Å². The molecule has 0 radical (unpaired) electrons. The fourth-order valence-electron chi connectivity index (χ4n) is 9.99. The molecule has 0 aliphatic carbocycles.